The Kier molecular flexibility index (Phi) is 7.04. The fraction of sp³-hybridized carbons (Fsp3) is 0.143. The number of halogens is 4. The molecule has 1 aromatic carbocycles. The van der Waals surface area contributed by atoms with Gasteiger partial charge in [0.05, 0.1) is 22.5 Å². The zero-order chi connectivity index (χ0) is 12.3. The average Bonchev–Trinajstić information content (AvgIpc) is 2.14. The first-order valence-electron chi connectivity index (χ1n) is 4.07. The molecule has 0 aliphatic rings. The predicted octanol–water partition coefficient (Wildman–Crippen LogP) is 0.0176. The van der Waals surface area contributed by atoms with Crippen LogP contribution in [0, 0.1) is 10.1 Å². The summed E-state index contributed by atoms with van der Waals surface area (Å²) >= 11 is 5.52. The van der Waals surface area contributed by atoms with Gasteiger partial charge in [-0.05, 0) is 6.07 Å². The van der Waals surface area contributed by atoms with Gasteiger partial charge in [0.15, 0.2) is 0 Å². The summed E-state index contributed by atoms with van der Waals surface area (Å²) in [5.41, 5.74) is -0.380. The Morgan fingerprint density at radius 3 is 2.47 bits per heavy atom. The van der Waals surface area contributed by atoms with Crippen molar-refractivity contribution in [2.45, 2.75) is 0 Å². The van der Waals surface area contributed by atoms with Crippen molar-refractivity contribution in [2.75, 3.05) is 6.51 Å². The maximum atomic E-state index is 11.9. The van der Waals surface area contributed by atoms with Crippen LogP contribution in [-0.2, 0) is 0 Å². The number of nitrogens with zero attached hydrogens (tertiary/aromatic N) is 1. The third-order valence-electron chi connectivity index (χ3n) is 1.55. The number of benzene rings is 1. The molecule has 0 N–H and O–H groups in total. The Labute approximate surface area is 142 Å². The van der Waals surface area contributed by atoms with E-state index in [2.05, 4.69) is 4.74 Å². The first-order valence-corrected chi connectivity index (χ1v) is 4.45. The molecular weight excluding hydrogens is 288 g/mol. The van der Waals surface area contributed by atoms with Crippen LogP contribution < -0.4 is 56.1 Å². The molecule has 10 heteroatoms. The molecular formula is C7H5BClF3KNO3. The summed E-state index contributed by atoms with van der Waals surface area (Å²) in [7, 11) is 0. The molecule has 0 heterocycles. The van der Waals surface area contributed by atoms with E-state index in [9.17, 15) is 23.1 Å². The molecule has 0 saturated carbocycles. The van der Waals surface area contributed by atoms with Gasteiger partial charge in [0.25, 0.3) is 5.69 Å². The molecule has 0 amide bonds. The molecule has 1 aromatic rings. The molecule has 17 heavy (non-hydrogen) atoms. The van der Waals surface area contributed by atoms with Gasteiger partial charge in [0, 0.05) is 6.07 Å². The summed E-state index contributed by atoms with van der Waals surface area (Å²) in [6.07, 6.45) is 0. The zero-order valence-corrected chi connectivity index (χ0v) is 12.6. The number of hydrogen-bond acceptors (Lipinski definition) is 3. The number of ether oxygens (including phenoxy) is 1. The molecule has 4 nitrogen and oxygen atoms in total. The van der Waals surface area contributed by atoms with Crippen molar-refractivity contribution in [2.24, 2.45) is 0 Å². The van der Waals surface area contributed by atoms with E-state index in [1.54, 1.807) is 0 Å². The third-order valence-corrected chi connectivity index (χ3v) is 1.87. The number of rotatable bonds is 4. The minimum Gasteiger partial charge on any atom is -0.520 e. The van der Waals surface area contributed by atoms with Crippen LogP contribution in [0.1, 0.15) is 0 Å². The molecule has 0 spiro atoms. The van der Waals surface area contributed by atoms with E-state index in [0.717, 1.165) is 18.2 Å². The van der Waals surface area contributed by atoms with Gasteiger partial charge in [-0.2, -0.15) is 0 Å². The average molecular weight is 293 g/mol. The topological polar surface area (TPSA) is 52.4 Å². The SMILES string of the molecule is O=[N+]([O-])c1ccc(Cl)c(OC[B-](F)(F)F)c1.[K+]. The number of non-ortho nitro benzene ring substituents is 1. The van der Waals surface area contributed by atoms with Crippen molar-refractivity contribution in [1.82, 2.24) is 0 Å². The van der Waals surface area contributed by atoms with E-state index in [0.29, 0.717) is 0 Å². The van der Waals surface area contributed by atoms with E-state index in [-0.39, 0.29) is 67.8 Å². The second kappa shape index (κ2) is 6.95. The summed E-state index contributed by atoms with van der Waals surface area (Å²) in [6.45, 7) is -6.61. The van der Waals surface area contributed by atoms with Gasteiger partial charge in [-0.25, -0.2) is 0 Å². The van der Waals surface area contributed by atoms with E-state index < -0.39 is 18.4 Å². The third kappa shape index (κ3) is 6.07. The van der Waals surface area contributed by atoms with Crippen molar-refractivity contribution in [3.63, 3.8) is 0 Å². The van der Waals surface area contributed by atoms with Crippen LogP contribution in [0.2, 0.25) is 5.02 Å². The molecule has 0 aliphatic heterocycles. The van der Waals surface area contributed by atoms with Gasteiger partial charge in [-0.1, -0.05) is 11.6 Å². The summed E-state index contributed by atoms with van der Waals surface area (Å²) < 4.78 is 40.0. The van der Waals surface area contributed by atoms with Crippen LogP contribution in [0.4, 0.5) is 18.6 Å². The van der Waals surface area contributed by atoms with Gasteiger partial charge >= 0.3 is 58.4 Å². The van der Waals surface area contributed by atoms with Gasteiger partial charge < -0.3 is 17.7 Å². The molecule has 0 bridgehead atoms. The molecule has 0 aliphatic carbocycles. The minimum absolute atomic E-state index is 0. The largest absolute Gasteiger partial charge is 1.00 e. The Morgan fingerprint density at radius 1 is 1.41 bits per heavy atom. The molecule has 0 atom stereocenters. The second-order valence-corrected chi connectivity index (χ2v) is 3.30. The minimum atomic E-state index is -5.12. The summed E-state index contributed by atoms with van der Waals surface area (Å²) in [6, 6.07) is 3.04. The molecule has 0 aromatic heterocycles. The van der Waals surface area contributed by atoms with Gasteiger partial charge in [0.1, 0.15) is 5.75 Å². The van der Waals surface area contributed by atoms with Crippen molar-refractivity contribution >= 4 is 24.3 Å². The van der Waals surface area contributed by atoms with Crippen molar-refractivity contribution in [3.8, 4) is 5.75 Å². The first kappa shape index (κ1) is 17.2. The Bertz CT molecular complexity index is 418. The van der Waals surface area contributed by atoms with Crippen LogP contribution in [0.15, 0.2) is 18.2 Å². The molecule has 0 fully saturated rings. The molecule has 0 unspecified atom stereocenters. The monoisotopic (exact) mass is 293 g/mol. The van der Waals surface area contributed by atoms with Crippen molar-refractivity contribution < 1.29 is 74.0 Å². The fourth-order valence-electron chi connectivity index (χ4n) is 0.900. The number of nitro groups is 1. The number of nitro benzene ring substituents is 1. The summed E-state index contributed by atoms with van der Waals surface area (Å²) in [4.78, 5) is 9.61. The Balaban J connectivity index is 0.00000256. The Hall–Kier alpha value is 0.201. The zero-order valence-electron chi connectivity index (χ0n) is 8.70. The van der Waals surface area contributed by atoms with Crippen LogP contribution in [0.3, 0.4) is 0 Å². The molecule has 1 rings (SSSR count). The maximum Gasteiger partial charge on any atom is 1.00 e. The van der Waals surface area contributed by atoms with Gasteiger partial charge in [0.2, 0.25) is 0 Å². The van der Waals surface area contributed by atoms with Crippen molar-refractivity contribution in [3.05, 3.63) is 33.3 Å². The van der Waals surface area contributed by atoms with Crippen LogP contribution in [-0.4, -0.2) is 18.4 Å². The predicted molar refractivity (Wildman–Crippen MR) is 52.7 cm³/mol. The quantitative estimate of drug-likeness (QED) is 0.447. The number of hydrogen-bond donors (Lipinski definition) is 0. The van der Waals surface area contributed by atoms with Crippen LogP contribution in [0.5, 0.6) is 5.75 Å². The van der Waals surface area contributed by atoms with Crippen molar-refractivity contribution in [1.29, 1.82) is 0 Å². The molecule has 0 saturated heterocycles. The van der Waals surface area contributed by atoms with Gasteiger partial charge in [-0.3, -0.25) is 10.1 Å². The van der Waals surface area contributed by atoms with E-state index in [4.69, 9.17) is 11.6 Å². The van der Waals surface area contributed by atoms with E-state index >= 15 is 0 Å². The summed E-state index contributed by atoms with van der Waals surface area (Å²) in [5, 5.41) is 10.2. The van der Waals surface area contributed by atoms with Crippen LogP contribution >= 0.6 is 11.6 Å². The van der Waals surface area contributed by atoms with E-state index in [1.807, 2.05) is 0 Å². The summed E-state index contributed by atoms with van der Waals surface area (Å²) in [5.74, 6) is -0.352. The first-order chi connectivity index (χ1) is 7.29. The Morgan fingerprint density at radius 2 is 2.00 bits per heavy atom. The standard InChI is InChI=1S/C7H5BClF3NO3.K/c9-6-2-1-5(13(14)15)3-7(6)16-4-8(10,11)12;/h1-3H,4H2;/q-1;+1. The van der Waals surface area contributed by atoms with E-state index in [1.165, 1.54) is 0 Å². The second-order valence-electron chi connectivity index (χ2n) is 2.89. The molecule has 0 radical (unpaired) electrons. The van der Waals surface area contributed by atoms with Gasteiger partial charge in [-0.15, -0.1) is 0 Å². The fourth-order valence-corrected chi connectivity index (χ4v) is 1.07. The normalized spacial score (nSPS) is 10.6. The smallest absolute Gasteiger partial charge is 0.520 e. The molecule has 88 valence electrons. The van der Waals surface area contributed by atoms with Crippen LogP contribution in [0.25, 0.3) is 0 Å². The maximum absolute atomic E-state index is 11.9.